The van der Waals surface area contributed by atoms with Crippen molar-refractivity contribution in [2.75, 3.05) is 12.4 Å². The van der Waals surface area contributed by atoms with Gasteiger partial charge in [-0.25, -0.2) is 4.79 Å². The molecule has 0 aliphatic heterocycles. The zero-order valence-corrected chi connectivity index (χ0v) is 12.0. The van der Waals surface area contributed by atoms with Crippen molar-refractivity contribution in [1.82, 2.24) is 5.32 Å². The van der Waals surface area contributed by atoms with Crippen LogP contribution in [0.1, 0.15) is 25.7 Å². The molecule has 0 radical (unpaired) electrons. The van der Waals surface area contributed by atoms with Crippen LogP contribution >= 0.6 is 0 Å². The first-order chi connectivity index (χ1) is 10.1. The summed E-state index contributed by atoms with van der Waals surface area (Å²) in [6, 6.07) is 7.16. The van der Waals surface area contributed by atoms with Crippen LogP contribution in [-0.2, 0) is 4.79 Å². The SMILES string of the molecule is COc1ccc(NC(=O)[C@H]2CC[C@H](NC(=O)O)CC2)cc1. The maximum Gasteiger partial charge on any atom is 0.404 e. The van der Waals surface area contributed by atoms with Gasteiger partial charge in [-0.3, -0.25) is 4.79 Å². The van der Waals surface area contributed by atoms with E-state index in [0.29, 0.717) is 25.7 Å². The molecule has 2 rings (SSSR count). The fourth-order valence-electron chi connectivity index (χ4n) is 2.59. The van der Waals surface area contributed by atoms with E-state index < -0.39 is 6.09 Å². The molecule has 0 atom stereocenters. The quantitative estimate of drug-likeness (QED) is 0.795. The van der Waals surface area contributed by atoms with Crippen molar-refractivity contribution >= 4 is 17.7 Å². The smallest absolute Gasteiger partial charge is 0.404 e. The fourth-order valence-corrected chi connectivity index (χ4v) is 2.59. The van der Waals surface area contributed by atoms with Gasteiger partial charge in [0.25, 0.3) is 0 Å². The summed E-state index contributed by atoms with van der Waals surface area (Å²) in [6.07, 6.45) is 1.81. The van der Waals surface area contributed by atoms with E-state index in [2.05, 4.69) is 10.6 Å². The monoisotopic (exact) mass is 292 g/mol. The van der Waals surface area contributed by atoms with Gasteiger partial charge in [0.15, 0.2) is 0 Å². The molecule has 6 heteroatoms. The second-order valence-corrected chi connectivity index (χ2v) is 5.22. The van der Waals surface area contributed by atoms with Crippen LogP contribution in [0.3, 0.4) is 0 Å². The van der Waals surface area contributed by atoms with Gasteiger partial charge in [0.05, 0.1) is 7.11 Å². The van der Waals surface area contributed by atoms with Crippen molar-refractivity contribution in [3.63, 3.8) is 0 Å². The van der Waals surface area contributed by atoms with Crippen LogP contribution in [0.25, 0.3) is 0 Å². The van der Waals surface area contributed by atoms with Crippen molar-refractivity contribution in [3.05, 3.63) is 24.3 Å². The Labute approximate surface area is 123 Å². The average molecular weight is 292 g/mol. The highest BCUT2D eigenvalue weighted by Gasteiger charge is 2.27. The van der Waals surface area contributed by atoms with Gasteiger partial charge in [0, 0.05) is 17.6 Å². The van der Waals surface area contributed by atoms with Crippen LogP contribution in [0, 0.1) is 5.92 Å². The number of benzene rings is 1. The van der Waals surface area contributed by atoms with Crippen LogP contribution in [-0.4, -0.2) is 30.3 Å². The van der Waals surface area contributed by atoms with E-state index in [1.165, 1.54) is 0 Å². The molecular weight excluding hydrogens is 272 g/mol. The first kappa shape index (κ1) is 15.2. The molecular formula is C15H20N2O4. The van der Waals surface area contributed by atoms with Crippen molar-refractivity contribution in [3.8, 4) is 5.75 Å². The summed E-state index contributed by atoms with van der Waals surface area (Å²) in [4.78, 5) is 22.7. The summed E-state index contributed by atoms with van der Waals surface area (Å²) in [5.74, 6) is 0.682. The summed E-state index contributed by atoms with van der Waals surface area (Å²) in [5, 5.41) is 14.0. The molecule has 0 spiro atoms. The Balaban J connectivity index is 1.82. The molecule has 1 saturated carbocycles. The molecule has 1 aromatic rings. The fraction of sp³-hybridized carbons (Fsp3) is 0.467. The third-order valence-corrected chi connectivity index (χ3v) is 3.78. The van der Waals surface area contributed by atoms with Gasteiger partial charge in [-0.1, -0.05) is 0 Å². The van der Waals surface area contributed by atoms with E-state index in [-0.39, 0.29) is 17.9 Å². The summed E-state index contributed by atoms with van der Waals surface area (Å²) >= 11 is 0. The standard InChI is InChI=1S/C15H20N2O4/c1-21-13-8-6-11(7-9-13)16-14(18)10-2-4-12(5-3-10)17-15(19)20/h6-10,12,17H,2-5H2,1H3,(H,16,18)(H,19,20)/t10-,12-. The third kappa shape index (κ3) is 4.37. The normalized spacial score (nSPS) is 21.4. The molecule has 0 aromatic heterocycles. The maximum atomic E-state index is 12.2. The number of rotatable bonds is 4. The first-order valence-electron chi connectivity index (χ1n) is 7.03. The number of hydrogen-bond acceptors (Lipinski definition) is 3. The highest BCUT2D eigenvalue weighted by atomic mass is 16.5. The molecule has 3 N–H and O–H groups in total. The zero-order chi connectivity index (χ0) is 15.2. The molecule has 0 saturated heterocycles. The van der Waals surface area contributed by atoms with Gasteiger partial charge in [-0.15, -0.1) is 0 Å². The first-order valence-corrected chi connectivity index (χ1v) is 7.03. The van der Waals surface area contributed by atoms with E-state index >= 15 is 0 Å². The van der Waals surface area contributed by atoms with Crippen LogP contribution in [0.5, 0.6) is 5.75 Å². The van der Waals surface area contributed by atoms with Crippen LogP contribution < -0.4 is 15.4 Å². The Morgan fingerprint density at radius 2 is 1.76 bits per heavy atom. The van der Waals surface area contributed by atoms with Crippen molar-refractivity contribution in [1.29, 1.82) is 0 Å². The third-order valence-electron chi connectivity index (χ3n) is 3.78. The van der Waals surface area contributed by atoms with Crippen LogP contribution in [0.2, 0.25) is 0 Å². The van der Waals surface area contributed by atoms with Gasteiger partial charge >= 0.3 is 6.09 Å². The van der Waals surface area contributed by atoms with E-state index in [1.807, 2.05) is 0 Å². The molecule has 21 heavy (non-hydrogen) atoms. The molecule has 1 aliphatic carbocycles. The zero-order valence-electron chi connectivity index (χ0n) is 12.0. The molecule has 0 unspecified atom stereocenters. The van der Waals surface area contributed by atoms with E-state index in [9.17, 15) is 9.59 Å². The number of nitrogens with one attached hydrogen (secondary N) is 2. The Morgan fingerprint density at radius 1 is 1.14 bits per heavy atom. The summed E-state index contributed by atoms with van der Waals surface area (Å²) in [7, 11) is 1.59. The predicted octanol–water partition coefficient (Wildman–Crippen LogP) is 2.46. The lowest BCUT2D eigenvalue weighted by atomic mass is 9.85. The Kier molecular flexibility index (Phi) is 5.03. The molecule has 1 aliphatic rings. The summed E-state index contributed by atoms with van der Waals surface area (Å²) in [5.41, 5.74) is 0.742. The van der Waals surface area contributed by atoms with E-state index in [0.717, 1.165) is 11.4 Å². The Hall–Kier alpha value is -2.24. The molecule has 1 fully saturated rings. The minimum absolute atomic E-state index is 0.00561. The number of anilines is 1. The van der Waals surface area contributed by atoms with E-state index in [1.54, 1.807) is 31.4 Å². The molecule has 114 valence electrons. The number of carboxylic acid groups (broad SMARTS) is 1. The highest BCUT2D eigenvalue weighted by Crippen LogP contribution is 2.26. The molecule has 2 amide bonds. The summed E-state index contributed by atoms with van der Waals surface area (Å²) in [6.45, 7) is 0. The van der Waals surface area contributed by atoms with Gasteiger partial charge < -0.3 is 20.5 Å². The number of ether oxygens (including phenoxy) is 1. The second-order valence-electron chi connectivity index (χ2n) is 5.22. The lowest BCUT2D eigenvalue weighted by molar-refractivity contribution is -0.120. The van der Waals surface area contributed by atoms with Crippen molar-refractivity contribution in [2.45, 2.75) is 31.7 Å². The number of methoxy groups -OCH3 is 1. The number of amides is 2. The largest absolute Gasteiger partial charge is 0.497 e. The average Bonchev–Trinajstić information content (AvgIpc) is 2.48. The number of carbonyl (C=O) groups excluding carboxylic acids is 1. The van der Waals surface area contributed by atoms with Gasteiger partial charge in [-0.05, 0) is 49.9 Å². The Morgan fingerprint density at radius 3 is 2.29 bits per heavy atom. The molecule has 1 aromatic carbocycles. The topological polar surface area (TPSA) is 87.7 Å². The minimum Gasteiger partial charge on any atom is -0.497 e. The molecule has 0 heterocycles. The molecule has 0 bridgehead atoms. The van der Waals surface area contributed by atoms with Gasteiger partial charge in [0.2, 0.25) is 5.91 Å². The Bertz CT molecular complexity index is 493. The predicted molar refractivity (Wildman–Crippen MR) is 78.5 cm³/mol. The van der Waals surface area contributed by atoms with Gasteiger partial charge in [0.1, 0.15) is 5.75 Å². The maximum absolute atomic E-state index is 12.2. The number of hydrogen-bond donors (Lipinski definition) is 3. The van der Waals surface area contributed by atoms with Gasteiger partial charge in [-0.2, -0.15) is 0 Å². The lowest BCUT2D eigenvalue weighted by Crippen LogP contribution is -2.38. The second kappa shape index (κ2) is 6.97. The van der Waals surface area contributed by atoms with Crippen molar-refractivity contribution in [2.24, 2.45) is 5.92 Å². The van der Waals surface area contributed by atoms with Crippen LogP contribution in [0.15, 0.2) is 24.3 Å². The minimum atomic E-state index is -0.999. The highest BCUT2D eigenvalue weighted by molar-refractivity contribution is 5.92. The number of carbonyl (C=O) groups is 2. The molecule has 6 nitrogen and oxygen atoms in total. The van der Waals surface area contributed by atoms with E-state index in [4.69, 9.17) is 9.84 Å². The van der Waals surface area contributed by atoms with Crippen molar-refractivity contribution < 1.29 is 19.4 Å². The van der Waals surface area contributed by atoms with Crippen LogP contribution in [0.4, 0.5) is 10.5 Å². The lowest BCUT2D eigenvalue weighted by Gasteiger charge is -2.27. The summed E-state index contributed by atoms with van der Waals surface area (Å²) < 4.78 is 5.07.